The van der Waals surface area contributed by atoms with E-state index < -0.39 is 0 Å². The van der Waals surface area contributed by atoms with Gasteiger partial charge in [0.05, 0.1) is 5.69 Å². The number of nitrogens with zero attached hydrogens (tertiary/aromatic N) is 1. The molecule has 1 heterocycles. The molecule has 0 aliphatic rings. The van der Waals surface area contributed by atoms with Gasteiger partial charge in [-0.05, 0) is 18.4 Å². The highest BCUT2D eigenvalue weighted by atomic mass is 16.5. The molecule has 2 rings (SSSR count). The zero-order valence-corrected chi connectivity index (χ0v) is 8.94. The molecule has 2 nitrogen and oxygen atoms in total. The second-order valence-electron chi connectivity index (χ2n) is 3.62. The molecular weight excluding hydrogens is 186 g/mol. The highest BCUT2D eigenvalue weighted by molar-refractivity contribution is 5.16. The summed E-state index contributed by atoms with van der Waals surface area (Å²) in [4.78, 5) is 0. The number of benzene rings is 1. The van der Waals surface area contributed by atoms with Crippen LogP contribution in [0.4, 0.5) is 0 Å². The predicted molar refractivity (Wildman–Crippen MR) is 59.7 cm³/mol. The van der Waals surface area contributed by atoms with Crippen LogP contribution in [0, 0.1) is 0 Å². The molecule has 0 N–H and O–H groups in total. The molecule has 0 fully saturated rings. The summed E-state index contributed by atoms with van der Waals surface area (Å²) in [5, 5.41) is 4.03. The van der Waals surface area contributed by atoms with Gasteiger partial charge in [-0.25, -0.2) is 0 Å². The van der Waals surface area contributed by atoms with Gasteiger partial charge in [-0.15, -0.1) is 0 Å². The van der Waals surface area contributed by atoms with Crippen molar-refractivity contribution in [3.05, 3.63) is 53.4 Å². The largest absolute Gasteiger partial charge is 0.361 e. The molecule has 1 aromatic carbocycles. The van der Waals surface area contributed by atoms with Gasteiger partial charge in [-0.1, -0.05) is 42.4 Å². The van der Waals surface area contributed by atoms with Crippen molar-refractivity contribution in [3.63, 3.8) is 0 Å². The Balaban J connectivity index is 1.93. The van der Waals surface area contributed by atoms with Crippen LogP contribution in [0.25, 0.3) is 0 Å². The third-order valence-electron chi connectivity index (χ3n) is 2.47. The van der Waals surface area contributed by atoms with E-state index in [4.69, 9.17) is 4.52 Å². The molecular formula is C13H15NO. The Hall–Kier alpha value is -1.57. The zero-order valence-electron chi connectivity index (χ0n) is 8.94. The fourth-order valence-electron chi connectivity index (χ4n) is 1.56. The number of aryl methyl sites for hydroxylation is 3. The lowest BCUT2D eigenvalue weighted by Gasteiger charge is -1.96. The van der Waals surface area contributed by atoms with Crippen molar-refractivity contribution in [2.75, 3.05) is 0 Å². The van der Waals surface area contributed by atoms with Crippen molar-refractivity contribution in [3.8, 4) is 0 Å². The van der Waals surface area contributed by atoms with E-state index in [9.17, 15) is 0 Å². The molecule has 0 spiro atoms. The van der Waals surface area contributed by atoms with E-state index in [1.165, 1.54) is 5.56 Å². The second kappa shape index (κ2) is 4.78. The van der Waals surface area contributed by atoms with Crippen molar-refractivity contribution in [2.45, 2.75) is 26.2 Å². The van der Waals surface area contributed by atoms with Crippen molar-refractivity contribution in [1.82, 2.24) is 5.16 Å². The van der Waals surface area contributed by atoms with Gasteiger partial charge >= 0.3 is 0 Å². The number of rotatable bonds is 4. The first kappa shape index (κ1) is 9.97. The van der Waals surface area contributed by atoms with Crippen LogP contribution in [0.5, 0.6) is 0 Å². The summed E-state index contributed by atoms with van der Waals surface area (Å²) in [6.07, 6.45) is 2.89. The average molecular weight is 201 g/mol. The number of hydrogen-bond donors (Lipinski definition) is 0. The lowest BCUT2D eigenvalue weighted by atomic mass is 10.1. The normalized spacial score (nSPS) is 10.5. The molecule has 0 amide bonds. The average Bonchev–Trinajstić information content (AvgIpc) is 2.76. The molecule has 15 heavy (non-hydrogen) atoms. The molecule has 0 unspecified atom stereocenters. The highest BCUT2D eigenvalue weighted by Gasteiger charge is 2.02. The number of hydrogen-bond acceptors (Lipinski definition) is 2. The fraction of sp³-hybridized carbons (Fsp3) is 0.308. The van der Waals surface area contributed by atoms with Crippen LogP contribution >= 0.6 is 0 Å². The van der Waals surface area contributed by atoms with Gasteiger partial charge < -0.3 is 4.52 Å². The third-order valence-corrected chi connectivity index (χ3v) is 2.47. The first-order valence-electron chi connectivity index (χ1n) is 5.37. The molecule has 0 bridgehead atoms. The lowest BCUT2D eigenvalue weighted by Crippen LogP contribution is -1.90. The van der Waals surface area contributed by atoms with Crippen LogP contribution in [0.15, 0.2) is 40.9 Å². The first-order valence-corrected chi connectivity index (χ1v) is 5.37. The first-order chi connectivity index (χ1) is 7.38. The van der Waals surface area contributed by atoms with Crippen molar-refractivity contribution < 1.29 is 4.52 Å². The van der Waals surface area contributed by atoms with Crippen LogP contribution in [0.2, 0.25) is 0 Å². The van der Waals surface area contributed by atoms with Gasteiger partial charge in [0.1, 0.15) is 5.76 Å². The van der Waals surface area contributed by atoms with E-state index in [2.05, 4.69) is 36.3 Å². The van der Waals surface area contributed by atoms with E-state index in [1.807, 2.05) is 12.1 Å². The summed E-state index contributed by atoms with van der Waals surface area (Å²) >= 11 is 0. The summed E-state index contributed by atoms with van der Waals surface area (Å²) in [6, 6.07) is 12.5. The monoisotopic (exact) mass is 201 g/mol. The molecule has 78 valence electrons. The lowest BCUT2D eigenvalue weighted by molar-refractivity contribution is 0.380. The maximum Gasteiger partial charge on any atom is 0.136 e. The summed E-state index contributed by atoms with van der Waals surface area (Å²) in [5.74, 6) is 0.970. The molecule has 0 aliphatic heterocycles. The van der Waals surface area contributed by atoms with Crippen LogP contribution in [-0.4, -0.2) is 5.16 Å². The van der Waals surface area contributed by atoms with Gasteiger partial charge in [0.2, 0.25) is 0 Å². The quantitative estimate of drug-likeness (QED) is 0.760. The Labute approximate surface area is 89.9 Å². The van der Waals surface area contributed by atoms with E-state index in [-0.39, 0.29) is 0 Å². The van der Waals surface area contributed by atoms with Crippen molar-refractivity contribution >= 4 is 0 Å². The number of aromatic nitrogens is 1. The Morgan fingerprint density at radius 3 is 2.60 bits per heavy atom. The summed E-state index contributed by atoms with van der Waals surface area (Å²) < 4.78 is 5.15. The Morgan fingerprint density at radius 1 is 1.13 bits per heavy atom. The van der Waals surface area contributed by atoms with Crippen LogP contribution in [0.3, 0.4) is 0 Å². The van der Waals surface area contributed by atoms with Crippen molar-refractivity contribution in [1.29, 1.82) is 0 Å². The molecule has 2 heteroatoms. The van der Waals surface area contributed by atoms with Crippen LogP contribution < -0.4 is 0 Å². The summed E-state index contributed by atoms with van der Waals surface area (Å²) in [5.41, 5.74) is 2.40. The third kappa shape index (κ3) is 2.69. The fourth-order valence-corrected chi connectivity index (χ4v) is 1.56. The Morgan fingerprint density at radius 2 is 1.93 bits per heavy atom. The van der Waals surface area contributed by atoms with Gasteiger partial charge in [0.25, 0.3) is 0 Å². The van der Waals surface area contributed by atoms with Gasteiger partial charge in [-0.3, -0.25) is 0 Å². The van der Waals surface area contributed by atoms with Crippen LogP contribution in [-0.2, 0) is 19.3 Å². The summed E-state index contributed by atoms with van der Waals surface area (Å²) in [7, 11) is 0. The Kier molecular flexibility index (Phi) is 3.18. The summed E-state index contributed by atoms with van der Waals surface area (Å²) in [6.45, 7) is 2.07. The minimum atomic E-state index is 0.915. The van der Waals surface area contributed by atoms with E-state index in [0.29, 0.717) is 0 Å². The minimum absolute atomic E-state index is 0.915. The van der Waals surface area contributed by atoms with E-state index in [0.717, 1.165) is 30.7 Å². The smallest absolute Gasteiger partial charge is 0.136 e. The standard InChI is InChI=1S/C13H15NO/c1-2-13-10-12(14-15-13)9-8-11-6-4-3-5-7-11/h3-7,10H,2,8-9H2,1H3. The SMILES string of the molecule is CCc1cc(CCc2ccccc2)no1. The molecule has 2 aromatic rings. The van der Waals surface area contributed by atoms with Gasteiger partial charge in [-0.2, -0.15) is 0 Å². The van der Waals surface area contributed by atoms with Gasteiger partial charge in [0.15, 0.2) is 0 Å². The molecule has 1 aromatic heterocycles. The van der Waals surface area contributed by atoms with Crippen molar-refractivity contribution in [2.24, 2.45) is 0 Å². The molecule has 0 atom stereocenters. The maximum absolute atomic E-state index is 5.15. The maximum atomic E-state index is 5.15. The molecule has 0 radical (unpaired) electrons. The van der Waals surface area contributed by atoms with Crippen LogP contribution in [0.1, 0.15) is 23.9 Å². The highest BCUT2D eigenvalue weighted by Crippen LogP contribution is 2.08. The molecule has 0 saturated heterocycles. The molecule has 0 aliphatic carbocycles. The van der Waals surface area contributed by atoms with E-state index in [1.54, 1.807) is 0 Å². The zero-order chi connectivity index (χ0) is 10.5. The second-order valence-corrected chi connectivity index (χ2v) is 3.62. The predicted octanol–water partition coefficient (Wildman–Crippen LogP) is 3.02. The van der Waals surface area contributed by atoms with Gasteiger partial charge in [0, 0.05) is 12.5 Å². The molecule has 0 saturated carbocycles. The topological polar surface area (TPSA) is 26.0 Å². The van der Waals surface area contributed by atoms with E-state index >= 15 is 0 Å². The Bertz CT molecular complexity index is 405. The minimum Gasteiger partial charge on any atom is -0.361 e.